The number of nitrogens with one attached hydrogen (secondary N) is 1. The van der Waals surface area contributed by atoms with Gasteiger partial charge in [-0.3, -0.25) is 4.79 Å². The van der Waals surface area contributed by atoms with Crippen LogP contribution in [0.2, 0.25) is 0 Å². The van der Waals surface area contributed by atoms with Gasteiger partial charge in [0, 0.05) is 12.6 Å². The molecule has 0 radical (unpaired) electrons. The first-order valence-corrected chi connectivity index (χ1v) is 3.67. The molecule has 58 valence electrons. The van der Waals surface area contributed by atoms with E-state index in [2.05, 4.69) is 5.32 Å². The lowest BCUT2D eigenvalue weighted by atomic mass is 10.1. The molecule has 0 aromatic heterocycles. The monoisotopic (exact) mass is 141 g/mol. The molecule has 2 heteroatoms. The van der Waals surface area contributed by atoms with Crippen molar-refractivity contribution in [2.75, 3.05) is 7.05 Å². The van der Waals surface area contributed by atoms with E-state index in [-0.39, 0.29) is 5.91 Å². The van der Waals surface area contributed by atoms with Gasteiger partial charge in [-0.25, -0.2) is 0 Å². The van der Waals surface area contributed by atoms with Gasteiger partial charge in [0.25, 0.3) is 0 Å². The normalized spacial score (nSPS) is 11.3. The molecular formula is C8H15NO. The number of carbonyl (C=O) groups is 1. The molecule has 1 amide bonds. The predicted octanol–water partition coefficient (Wildman–Crippen LogP) is 1.48. The van der Waals surface area contributed by atoms with E-state index in [9.17, 15) is 4.79 Å². The zero-order valence-corrected chi connectivity index (χ0v) is 6.90. The van der Waals surface area contributed by atoms with E-state index >= 15 is 0 Å². The molecule has 2 nitrogen and oxygen atoms in total. The zero-order chi connectivity index (χ0) is 7.98. The van der Waals surface area contributed by atoms with Crippen LogP contribution < -0.4 is 5.32 Å². The summed E-state index contributed by atoms with van der Waals surface area (Å²) in [6.45, 7) is 4.01. The van der Waals surface area contributed by atoms with Crippen LogP contribution in [-0.4, -0.2) is 13.0 Å². The fraction of sp³-hybridized carbons (Fsp3) is 0.625. The Hall–Kier alpha value is -0.790. The van der Waals surface area contributed by atoms with Crippen molar-refractivity contribution in [1.82, 2.24) is 5.32 Å². The first-order chi connectivity index (χ1) is 4.76. The molecule has 0 aromatic rings. The van der Waals surface area contributed by atoms with Crippen LogP contribution in [0.25, 0.3) is 0 Å². The maximum Gasteiger partial charge on any atom is 0.246 e. The van der Waals surface area contributed by atoms with Gasteiger partial charge in [-0.05, 0) is 12.8 Å². The minimum atomic E-state index is 0.0457. The van der Waals surface area contributed by atoms with Crippen LogP contribution in [0, 0.1) is 0 Å². The van der Waals surface area contributed by atoms with Crippen molar-refractivity contribution in [2.45, 2.75) is 26.7 Å². The smallest absolute Gasteiger partial charge is 0.246 e. The number of carbonyl (C=O) groups excluding carboxylic acids is 1. The van der Waals surface area contributed by atoms with Crippen LogP contribution in [0.15, 0.2) is 11.6 Å². The van der Waals surface area contributed by atoms with Crippen LogP contribution in [0.3, 0.4) is 0 Å². The molecule has 10 heavy (non-hydrogen) atoms. The molecule has 1 N–H and O–H groups in total. The van der Waals surface area contributed by atoms with Crippen molar-refractivity contribution in [2.24, 2.45) is 0 Å². The second-order valence-electron chi connectivity index (χ2n) is 2.07. The summed E-state index contributed by atoms with van der Waals surface area (Å²) in [6, 6.07) is 0. The molecule has 0 aliphatic rings. The summed E-state index contributed by atoms with van der Waals surface area (Å²) in [5, 5.41) is 2.59. The summed E-state index contributed by atoms with van der Waals surface area (Å²) >= 11 is 0. The van der Waals surface area contributed by atoms with E-state index in [0.717, 1.165) is 18.4 Å². The van der Waals surface area contributed by atoms with Crippen LogP contribution in [0.1, 0.15) is 26.7 Å². The van der Waals surface area contributed by atoms with Crippen LogP contribution >= 0.6 is 0 Å². The predicted molar refractivity (Wildman–Crippen MR) is 42.7 cm³/mol. The van der Waals surface area contributed by atoms with Gasteiger partial charge in [-0.1, -0.05) is 19.9 Å². The molecule has 0 bridgehead atoms. The third-order valence-electron chi connectivity index (χ3n) is 1.35. The van der Waals surface area contributed by atoms with Gasteiger partial charge >= 0.3 is 0 Å². The van der Waals surface area contributed by atoms with Crippen molar-refractivity contribution in [1.29, 1.82) is 0 Å². The molecule has 0 saturated heterocycles. The Bertz CT molecular complexity index is 138. The summed E-state index contributed by atoms with van der Waals surface area (Å²) in [6.07, 6.45) is 3.70. The minimum Gasteiger partial charge on any atom is -0.355 e. The first-order valence-electron chi connectivity index (χ1n) is 3.67. The summed E-state index contributed by atoms with van der Waals surface area (Å²) in [5.41, 5.74) is 0.880. The molecule has 0 aromatic carbocycles. The molecular weight excluding hydrogens is 126 g/mol. The average Bonchev–Trinajstić information content (AvgIpc) is 1.99. The second-order valence-corrected chi connectivity index (χ2v) is 2.07. The van der Waals surface area contributed by atoms with Gasteiger partial charge in [0.05, 0.1) is 0 Å². The van der Waals surface area contributed by atoms with E-state index in [0.29, 0.717) is 0 Å². The van der Waals surface area contributed by atoms with Gasteiger partial charge < -0.3 is 5.32 Å². The minimum absolute atomic E-state index is 0.0457. The Morgan fingerprint density at radius 3 is 2.40 bits per heavy atom. The van der Waals surface area contributed by atoms with Crippen molar-refractivity contribution in [3.8, 4) is 0 Å². The molecule has 0 saturated carbocycles. The van der Waals surface area contributed by atoms with E-state index in [1.165, 1.54) is 0 Å². The van der Waals surface area contributed by atoms with Gasteiger partial charge in [0.15, 0.2) is 0 Å². The Morgan fingerprint density at radius 2 is 2.10 bits per heavy atom. The molecule has 0 unspecified atom stereocenters. The Labute approximate surface area is 62.3 Å². The van der Waals surface area contributed by atoms with Gasteiger partial charge in [0.2, 0.25) is 5.91 Å². The number of hydrogen-bond donors (Lipinski definition) is 1. The lowest BCUT2D eigenvalue weighted by molar-refractivity contribution is -0.117. The average molecular weight is 141 g/mol. The van der Waals surface area contributed by atoms with E-state index < -0.39 is 0 Å². The Balaban J connectivity index is 4.06. The molecule has 0 heterocycles. The maximum atomic E-state index is 11.0. The Morgan fingerprint density at radius 1 is 1.50 bits per heavy atom. The number of amides is 1. The second kappa shape index (κ2) is 5.03. The van der Waals surface area contributed by atoms with Crippen molar-refractivity contribution >= 4 is 5.91 Å². The number of likely N-dealkylation sites (N-methyl/N-ethyl adjacent to an activating group) is 1. The fourth-order valence-electron chi connectivity index (χ4n) is 0.805. The highest BCUT2D eigenvalue weighted by molar-refractivity contribution is 5.92. The van der Waals surface area contributed by atoms with Crippen LogP contribution in [0.4, 0.5) is 0 Å². The SMILES string of the molecule is CC/C=C(\CC)C(=O)NC. The number of rotatable bonds is 3. The molecule has 0 spiro atoms. The quantitative estimate of drug-likeness (QED) is 0.592. The molecule has 0 atom stereocenters. The summed E-state index contributed by atoms with van der Waals surface area (Å²) < 4.78 is 0. The lowest BCUT2D eigenvalue weighted by Gasteiger charge is -2.00. The molecule has 0 fully saturated rings. The van der Waals surface area contributed by atoms with Gasteiger partial charge in [-0.15, -0.1) is 0 Å². The number of allylic oxidation sites excluding steroid dienone is 1. The zero-order valence-electron chi connectivity index (χ0n) is 6.90. The summed E-state index contributed by atoms with van der Waals surface area (Å²) in [7, 11) is 1.65. The van der Waals surface area contributed by atoms with Crippen molar-refractivity contribution < 1.29 is 4.79 Å². The Kier molecular flexibility index (Phi) is 4.63. The van der Waals surface area contributed by atoms with E-state index in [4.69, 9.17) is 0 Å². The maximum absolute atomic E-state index is 11.0. The highest BCUT2D eigenvalue weighted by atomic mass is 16.1. The highest BCUT2D eigenvalue weighted by Crippen LogP contribution is 2.00. The van der Waals surface area contributed by atoms with E-state index in [1.54, 1.807) is 7.05 Å². The third-order valence-corrected chi connectivity index (χ3v) is 1.35. The summed E-state index contributed by atoms with van der Waals surface area (Å²) in [5.74, 6) is 0.0457. The molecule has 0 rings (SSSR count). The molecule has 0 aliphatic heterocycles. The lowest BCUT2D eigenvalue weighted by Crippen LogP contribution is -2.19. The van der Waals surface area contributed by atoms with Crippen LogP contribution in [0.5, 0.6) is 0 Å². The van der Waals surface area contributed by atoms with E-state index in [1.807, 2.05) is 19.9 Å². The number of hydrogen-bond acceptors (Lipinski definition) is 1. The fourth-order valence-corrected chi connectivity index (χ4v) is 0.805. The highest BCUT2D eigenvalue weighted by Gasteiger charge is 2.01. The van der Waals surface area contributed by atoms with Crippen molar-refractivity contribution in [3.63, 3.8) is 0 Å². The standard InChI is InChI=1S/C8H15NO/c1-4-6-7(5-2)8(10)9-3/h6H,4-5H2,1-3H3,(H,9,10)/b7-6+. The van der Waals surface area contributed by atoms with Crippen molar-refractivity contribution in [3.05, 3.63) is 11.6 Å². The first kappa shape index (κ1) is 9.21. The van der Waals surface area contributed by atoms with Gasteiger partial charge in [0.1, 0.15) is 0 Å². The van der Waals surface area contributed by atoms with Crippen LogP contribution in [-0.2, 0) is 4.79 Å². The van der Waals surface area contributed by atoms with Gasteiger partial charge in [-0.2, -0.15) is 0 Å². The third kappa shape index (κ3) is 2.67. The molecule has 0 aliphatic carbocycles. The topological polar surface area (TPSA) is 29.1 Å². The largest absolute Gasteiger partial charge is 0.355 e. The summed E-state index contributed by atoms with van der Waals surface area (Å²) in [4.78, 5) is 11.0.